The van der Waals surface area contributed by atoms with Crippen LogP contribution in [0, 0.1) is 5.92 Å². The van der Waals surface area contributed by atoms with Crippen LogP contribution in [0.1, 0.15) is 63.6 Å². The monoisotopic (exact) mass is 449 g/mol. The van der Waals surface area contributed by atoms with Gasteiger partial charge < -0.3 is 14.3 Å². The minimum absolute atomic E-state index is 0.171. The Balaban J connectivity index is 1.52. The van der Waals surface area contributed by atoms with Crippen molar-refractivity contribution in [3.05, 3.63) is 56.7 Å². The Morgan fingerprint density at radius 2 is 1.88 bits per heavy atom. The Bertz CT molecular complexity index is 1230. The molecule has 2 aliphatic carbocycles. The minimum atomic E-state index is -0.207. The second kappa shape index (κ2) is 7.58. The molecule has 2 aromatic rings. The Labute approximate surface area is 192 Å². The van der Waals surface area contributed by atoms with Gasteiger partial charge in [0, 0.05) is 30.4 Å². The molecule has 2 aliphatic heterocycles. The average Bonchev–Trinajstić information content (AvgIpc) is 3.08. The molecular formula is C26H28ClN3O2. The lowest BCUT2D eigenvalue weighted by Gasteiger charge is -2.38. The van der Waals surface area contributed by atoms with Gasteiger partial charge in [-0.05, 0) is 62.3 Å². The number of halogens is 1. The summed E-state index contributed by atoms with van der Waals surface area (Å²) >= 11 is 6.45. The van der Waals surface area contributed by atoms with E-state index in [4.69, 9.17) is 16.6 Å². The van der Waals surface area contributed by atoms with Gasteiger partial charge in [0.15, 0.2) is 0 Å². The number of nitrogens with zero attached hydrogens (tertiary/aromatic N) is 3. The number of likely N-dealkylation sites (tertiary alicyclic amines) is 1. The van der Waals surface area contributed by atoms with E-state index >= 15 is 0 Å². The van der Waals surface area contributed by atoms with Gasteiger partial charge in [-0.3, -0.25) is 4.79 Å². The van der Waals surface area contributed by atoms with Crippen molar-refractivity contribution in [1.29, 1.82) is 0 Å². The zero-order valence-electron chi connectivity index (χ0n) is 18.3. The van der Waals surface area contributed by atoms with Gasteiger partial charge in [0.05, 0.1) is 21.3 Å². The van der Waals surface area contributed by atoms with Crippen LogP contribution >= 0.6 is 11.6 Å². The van der Waals surface area contributed by atoms with E-state index in [1.807, 2.05) is 12.1 Å². The van der Waals surface area contributed by atoms with E-state index in [1.54, 1.807) is 6.07 Å². The van der Waals surface area contributed by atoms with Crippen LogP contribution in [-0.4, -0.2) is 33.8 Å². The first-order valence-electron chi connectivity index (χ1n) is 12.0. The van der Waals surface area contributed by atoms with Gasteiger partial charge in [0.2, 0.25) is 0 Å². The van der Waals surface area contributed by atoms with Gasteiger partial charge in [-0.1, -0.05) is 36.9 Å². The number of rotatable bonds is 2. The largest absolute Gasteiger partial charge is 0.375 e. The van der Waals surface area contributed by atoms with E-state index in [2.05, 4.69) is 15.5 Å². The number of allylic oxidation sites excluding steroid dienone is 4. The molecule has 1 aromatic carbocycles. The third-order valence-electron chi connectivity index (χ3n) is 8.16. The van der Waals surface area contributed by atoms with Crippen molar-refractivity contribution in [2.24, 2.45) is 5.92 Å². The summed E-state index contributed by atoms with van der Waals surface area (Å²) in [7, 11) is 0. The molecule has 1 spiro atoms. The van der Waals surface area contributed by atoms with Gasteiger partial charge in [0.1, 0.15) is 12.1 Å². The molecule has 0 amide bonds. The van der Waals surface area contributed by atoms with Gasteiger partial charge in [-0.2, -0.15) is 4.98 Å². The van der Waals surface area contributed by atoms with Crippen molar-refractivity contribution in [1.82, 2.24) is 14.5 Å². The van der Waals surface area contributed by atoms with Crippen LogP contribution in [0.15, 0.2) is 40.3 Å². The van der Waals surface area contributed by atoms with E-state index in [0.717, 1.165) is 82.1 Å². The number of carbonyl (C=O) groups is 1. The lowest BCUT2D eigenvalue weighted by molar-refractivity contribution is -0.112. The minimum Gasteiger partial charge on any atom is -0.375 e. The van der Waals surface area contributed by atoms with E-state index in [0.29, 0.717) is 10.4 Å². The maximum absolute atomic E-state index is 13.1. The zero-order valence-corrected chi connectivity index (χ0v) is 19.0. The Morgan fingerprint density at radius 1 is 1.09 bits per heavy atom. The Hall–Kier alpha value is -2.40. The highest BCUT2D eigenvalue weighted by Gasteiger charge is 2.48. The third kappa shape index (κ3) is 2.86. The van der Waals surface area contributed by atoms with Gasteiger partial charge >= 0.3 is 0 Å². The van der Waals surface area contributed by atoms with Crippen molar-refractivity contribution >= 4 is 34.5 Å². The summed E-state index contributed by atoms with van der Waals surface area (Å²) in [4.78, 5) is 31.5. The summed E-state index contributed by atoms with van der Waals surface area (Å²) in [6, 6.07) is 5.73. The highest BCUT2D eigenvalue weighted by Crippen LogP contribution is 2.54. The van der Waals surface area contributed by atoms with Crippen LogP contribution in [0.3, 0.4) is 0 Å². The van der Waals surface area contributed by atoms with Crippen molar-refractivity contribution in [3.8, 4) is 0 Å². The molecule has 166 valence electrons. The molecule has 6 heteroatoms. The number of fused-ring (bicyclic) bond motifs is 6. The molecule has 0 N–H and O–H groups in total. The summed E-state index contributed by atoms with van der Waals surface area (Å²) in [6.07, 6.45) is 13.0. The molecule has 1 saturated carbocycles. The fourth-order valence-electron chi connectivity index (χ4n) is 6.51. The van der Waals surface area contributed by atoms with E-state index in [9.17, 15) is 9.59 Å². The summed E-state index contributed by atoms with van der Waals surface area (Å²) in [5.74, 6) is 1.14. The van der Waals surface area contributed by atoms with Crippen molar-refractivity contribution in [3.63, 3.8) is 0 Å². The molecule has 0 unspecified atom stereocenters. The lowest BCUT2D eigenvalue weighted by Crippen LogP contribution is -2.36. The molecule has 3 heterocycles. The van der Waals surface area contributed by atoms with Crippen molar-refractivity contribution in [2.45, 2.75) is 63.2 Å². The number of hydrogen-bond acceptors (Lipinski definition) is 4. The summed E-state index contributed by atoms with van der Waals surface area (Å²) in [5.41, 5.74) is 4.57. The second-order valence-electron chi connectivity index (χ2n) is 9.81. The number of aldehydes is 1. The summed E-state index contributed by atoms with van der Waals surface area (Å²) in [6.45, 7) is 1.90. The SMILES string of the molecule is O=CC1CCN(C2=CC3=C(CC2)n2c(nc(=O)c4c(Cl)cccc42)C32CCCCC2)CC1. The van der Waals surface area contributed by atoms with Crippen LogP contribution < -0.4 is 5.56 Å². The quantitative estimate of drug-likeness (QED) is 0.601. The van der Waals surface area contributed by atoms with E-state index in [1.165, 1.54) is 23.4 Å². The van der Waals surface area contributed by atoms with Crippen molar-refractivity contribution in [2.75, 3.05) is 13.1 Å². The first kappa shape index (κ1) is 20.2. The molecule has 0 atom stereocenters. The predicted molar refractivity (Wildman–Crippen MR) is 127 cm³/mol. The van der Waals surface area contributed by atoms with Crippen molar-refractivity contribution < 1.29 is 4.79 Å². The molecule has 0 bridgehead atoms. The maximum atomic E-state index is 13.1. The van der Waals surface area contributed by atoms with Crippen LogP contribution in [-0.2, 0) is 10.2 Å². The fraction of sp³-hybridized carbons (Fsp3) is 0.500. The number of aromatic nitrogens is 2. The lowest BCUT2D eigenvalue weighted by atomic mass is 9.68. The fourth-order valence-corrected chi connectivity index (χ4v) is 6.76. The topological polar surface area (TPSA) is 55.2 Å². The molecule has 32 heavy (non-hydrogen) atoms. The van der Waals surface area contributed by atoms with Crippen LogP contribution in [0.5, 0.6) is 0 Å². The highest BCUT2D eigenvalue weighted by atomic mass is 35.5. The number of carbonyl (C=O) groups excluding carboxylic acids is 1. The normalized spacial score (nSPS) is 22.8. The highest BCUT2D eigenvalue weighted by molar-refractivity contribution is 6.35. The average molecular weight is 450 g/mol. The first-order chi connectivity index (χ1) is 15.6. The van der Waals surface area contributed by atoms with E-state index in [-0.39, 0.29) is 16.9 Å². The molecule has 6 rings (SSSR count). The second-order valence-corrected chi connectivity index (χ2v) is 10.2. The standard InChI is InChI=1S/C26H28ClN3O2/c27-20-5-4-6-22-23(20)24(32)28-25-26(11-2-1-3-12-26)19-15-18(7-8-21(19)30(22)25)29-13-9-17(16-31)10-14-29/h4-6,15-17H,1-3,7-14H2. The summed E-state index contributed by atoms with van der Waals surface area (Å²) in [5, 5.41) is 1.01. The molecule has 2 fully saturated rings. The van der Waals surface area contributed by atoms with Gasteiger partial charge in [-0.15, -0.1) is 0 Å². The number of benzene rings is 1. The molecule has 1 aromatic heterocycles. The first-order valence-corrected chi connectivity index (χ1v) is 12.4. The Kier molecular flexibility index (Phi) is 4.79. The van der Waals surface area contributed by atoms with Crippen LogP contribution in [0.25, 0.3) is 16.6 Å². The predicted octanol–water partition coefficient (Wildman–Crippen LogP) is 5.07. The molecular weight excluding hydrogens is 422 g/mol. The maximum Gasteiger partial charge on any atom is 0.282 e. The smallest absolute Gasteiger partial charge is 0.282 e. The summed E-state index contributed by atoms with van der Waals surface area (Å²) < 4.78 is 2.27. The number of hydrogen-bond donors (Lipinski definition) is 0. The van der Waals surface area contributed by atoms with Gasteiger partial charge in [-0.25, -0.2) is 0 Å². The van der Waals surface area contributed by atoms with E-state index < -0.39 is 0 Å². The number of piperidine rings is 1. The third-order valence-corrected chi connectivity index (χ3v) is 8.48. The van der Waals surface area contributed by atoms with Crippen LogP contribution in [0.2, 0.25) is 5.02 Å². The molecule has 1 saturated heterocycles. The Morgan fingerprint density at radius 3 is 2.62 bits per heavy atom. The van der Waals surface area contributed by atoms with Crippen LogP contribution in [0.4, 0.5) is 0 Å². The molecule has 5 nitrogen and oxygen atoms in total. The molecule has 0 radical (unpaired) electrons. The zero-order chi connectivity index (χ0) is 21.9. The van der Waals surface area contributed by atoms with Gasteiger partial charge in [0.25, 0.3) is 5.56 Å². The molecule has 4 aliphatic rings.